The Balaban J connectivity index is 2.28. The lowest BCUT2D eigenvalue weighted by Gasteiger charge is -2.07. The number of anilines is 3. The molecule has 0 atom stereocenters. The van der Waals surface area contributed by atoms with E-state index in [1.54, 1.807) is 6.07 Å². The van der Waals surface area contributed by atoms with E-state index in [1.807, 2.05) is 37.3 Å². The number of aryl methyl sites for hydroxylation is 1. The molecule has 0 aliphatic rings. The third-order valence-electron chi connectivity index (χ3n) is 2.29. The van der Waals surface area contributed by atoms with Gasteiger partial charge in [-0.25, -0.2) is 10.8 Å². The molecule has 1 heterocycles. The van der Waals surface area contributed by atoms with Crippen LogP contribution in [-0.2, 0) is 0 Å². The molecule has 0 aliphatic carbocycles. The summed E-state index contributed by atoms with van der Waals surface area (Å²) in [6.45, 7) is 2.01. The predicted octanol–water partition coefficient (Wildman–Crippen LogP) is 1.69. The van der Waals surface area contributed by atoms with E-state index in [4.69, 9.17) is 11.1 Å². The number of hydrogen-bond donors (Lipinski definition) is 3. The van der Waals surface area contributed by atoms with E-state index in [0.717, 1.165) is 5.69 Å². The highest BCUT2D eigenvalue weighted by Gasteiger charge is 2.03. The quantitative estimate of drug-likeness (QED) is 0.557. The molecule has 0 bridgehead atoms. The van der Waals surface area contributed by atoms with Crippen molar-refractivity contribution in [2.45, 2.75) is 6.92 Å². The van der Waals surface area contributed by atoms with E-state index < -0.39 is 0 Å². The van der Waals surface area contributed by atoms with Gasteiger partial charge >= 0.3 is 0 Å². The van der Waals surface area contributed by atoms with Gasteiger partial charge in [0.1, 0.15) is 17.6 Å². The normalized spacial score (nSPS) is 9.61. The molecule has 1 aromatic heterocycles. The second-order valence-electron chi connectivity index (χ2n) is 3.71. The molecule has 0 radical (unpaired) electrons. The molecule has 2 rings (SSSR count). The summed E-state index contributed by atoms with van der Waals surface area (Å²) in [6.07, 6.45) is 0. The summed E-state index contributed by atoms with van der Waals surface area (Å²) in [4.78, 5) is 7.99. The van der Waals surface area contributed by atoms with Crippen molar-refractivity contribution in [2.24, 2.45) is 5.84 Å². The van der Waals surface area contributed by atoms with Crippen molar-refractivity contribution in [3.05, 3.63) is 41.6 Å². The second-order valence-corrected chi connectivity index (χ2v) is 3.71. The van der Waals surface area contributed by atoms with Crippen LogP contribution in [0.1, 0.15) is 11.3 Å². The summed E-state index contributed by atoms with van der Waals surface area (Å²) in [5.41, 5.74) is 4.62. The van der Waals surface area contributed by atoms with Crippen LogP contribution in [0.4, 0.5) is 17.5 Å². The molecular weight excluding hydrogens is 228 g/mol. The molecule has 0 unspecified atom stereocenters. The number of nitrogen functional groups attached to an aromatic ring is 1. The number of benzene rings is 1. The average Bonchev–Trinajstić information content (AvgIpc) is 2.41. The maximum atomic E-state index is 8.85. The molecule has 6 nitrogen and oxygen atoms in total. The zero-order valence-electron chi connectivity index (χ0n) is 9.81. The Hall–Kier alpha value is -2.65. The minimum absolute atomic E-state index is 0.198. The van der Waals surface area contributed by atoms with Crippen molar-refractivity contribution in [1.82, 2.24) is 9.97 Å². The highest BCUT2D eigenvalue weighted by Crippen LogP contribution is 2.16. The molecule has 1 aromatic carbocycles. The SMILES string of the molecule is Cc1ccc(Nc2cc(C#N)nc(NN)n2)cc1. The molecule has 6 heteroatoms. The van der Waals surface area contributed by atoms with Crippen molar-refractivity contribution >= 4 is 17.5 Å². The Morgan fingerprint density at radius 1 is 1.22 bits per heavy atom. The van der Waals surface area contributed by atoms with Gasteiger partial charge in [-0.1, -0.05) is 17.7 Å². The van der Waals surface area contributed by atoms with Gasteiger partial charge in [-0.15, -0.1) is 0 Å². The lowest BCUT2D eigenvalue weighted by molar-refractivity contribution is 1.10. The van der Waals surface area contributed by atoms with Crippen LogP contribution in [0.25, 0.3) is 0 Å². The number of nitrogens with two attached hydrogens (primary N) is 1. The van der Waals surface area contributed by atoms with Crippen LogP contribution in [0.5, 0.6) is 0 Å². The highest BCUT2D eigenvalue weighted by molar-refractivity contribution is 5.58. The lowest BCUT2D eigenvalue weighted by atomic mass is 10.2. The van der Waals surface area contributed by atoms with E-state index in [9.17, 15) is 0 Å². The fourth-order valence-corrected chi connectivity index (χ4v) is 1.42. The Morgan fingerprint density at radius 2 is 1.94 bits per heavy atom. The summed E-state index contributed by atoms with van der Waals surface area (Å²) in [7, 11) is 0. The fraction of sp³-hybridized carbons (Fsp3) is 0.0833. The summed E-state index contributed by atoms with van der Waals surface area (Å²) in [5, 5.41) is 11.9. The molecule has 4 N–H and O–H groups in total. The molecule has 0 saturated heterocycles. The fourth-order valence-electron chi connectivity index (χ4n) is 1.42. The molecule has 0 fully saturated rings. The standard InChI is InChI=1S/C12H12N6/c1-8-2-4-9(5-3-8)15-11-6-10(7-13)16-12(17-11)18-14/h2-6H,14H2,1H3,(H2,15,16,17,18). The summed E-state index contributed by atoms with van der Waals surface area (Å²) in [5.74, 6) is 5.95. The number of nitriles is 1. The van der Waals surface area contributed by atoms with E-state index >= 15 is 0 Å². The zero-order chi connectivity index (χ0) is 13.0. The van der Waals surface area contributed by atoms with Crippen LogP contribution < -0.4 is 16.6 Å². The maximum Gasteiger partial charge on any atom is 0.240 e. The Labute approximate surface area is 104 Å². The monoisotopic (exact) mass is 240 g/mol. The van der Waals surface area contributed by atoms with Gasteiger partial charge in [-0.05, 0) is 19.1 Å². The first-order chi connectivity index (χ1) is 8.71. The molecule has 0 saturated carbocycles. The van der Waals surface area contributed by atoms with Crippen molar-refractivity contribution in [1.29, 1.82) is 5.26 Å². The highest BCUT2D eigenvalue weighted by atomic mass is 15.3. The first kappa shape index (κ1) is 11.8. The summed E-state index contributed by atoms with van der Waals surface area (Å²) < 4.78 is 0. The zero-order valence-corrected chi connectivity index (χ0v) is 9.81. The van der Waals surface area contributed by atoms with E-state index in [0.29, 0.717) is 5.82 Å². The molecule has 0 aliphatic heterocycles. The third-order valence-corrected chi connectivity index (χ3v) is 2.29. The van der Waals surface area contributed by atoms with Gasteiger partial charge in [-0.2, -0.15) is 10.2 Å². The molecule has 0 amide bonds. The third kappa shape index (κ3) is 2.72. The number of hydrogen-bond acceptors (Lipinski definition) is 6. The van der Waals surface area contributed by atoms with Crippen LogP contribution in [0, 0.1) is 18.3 Å². The van der Waals surface area contributed by atoms with Crippen LogP contribution >= 0.6 is 0 Å². The minimum Gasteiger partial charge on any atom is -0.340 e. The van der Waals surface area contributed by atoms with Crippen molar-refractivity contribution in [2.75, 3.05) is 10.7 Å². The van der Waals surface area contributed by atoms with Gasteiger partial charge in [0, 0.05) is 11.8 Å². The van der Waals surface area contributed by atoms with Gasteiger partial charge in [0.15, 0.2) is 0 Å². The molecule has 18 heavy (non-hydrogen) atoms. The van der Waals surface area contributed by atoms with E-state index in [2.05, 4.69) is 20.7 Å². The number of rotatable bonds is 3. The summed E-state index contributed by atoms with van der Waals surface area (Å²) >= 11 is 0. The second kappa shape index (κ2) is 5.12. The molecule has 0 spiro atoms. The molecule has 90 valence electrons. The Morgan fingerprint density at radius 3 is 2.56 bits per heavy atom. The van der Waals surface area contributed by atoms with Gasteiger partial charge in [0.05, 0.1) is 0 Å². The van der Waals surface area contributed by atoms with E-state index in [-0.39, 0.29) is 11.6 Å². The minimum atomic E-state index is 0.198. The van der Waals surface area contributed by atoms with Gasteiger partial charge in [0.2, 0.25) is 5.95 Å². The van der Waals surface area contributed by atoms with Crippen LogP contribution in [0.3, 0.4) is 0 Å². The topological polar surface area (TPSA) is 99.7 Å². The number of hydrazine groups is 1. The van der Waals surface area contributed by atoms with Crippen molar-refractivity contribution in [3.8, 4) is 6.07 Å². The summed E-state index contributed by atoms with van der Waals surface area (Å²) in [6, 6.07) is 11.3. The van der Waals surface area contributed by atoms with Gasteiger partial charge in [0.25, 0.3) is 0 Å². The maximum absolute atomic E-state index is 8.85. The van der Waals surface area contributed by atoms with Crippen LogP contribution in [0.2, 0.25) is 0 Å². The number of nitrogens with one attached hydrogen (secondary N) is 2. The predicted molar refractivity (Wildman–Crippen MR) is 69.0 cm³/mol. The van der Waals surface area contributed by atoms with Crippen molar-refractivity contribution < 1.29 is 0 Å². The number of aromatic nitrogens is 2. The van der Waals surface area contributed by atoms with Gasteiger partial charge in [-0.3, -0.25) is 5.43 Å². The smallest absolute Gasteiger partial charge is 0.240 e. The van der Waals surface area contributed by atoms with Gasteiger partial charge < -0.3 is 5.32 Å². The van der Waals surface area contributed by atoms with Crippen molar-refractivity contribution in [3.63, 3.8) is 0 Å². The first-order valence-electron chi connectivity index (χ1n) is 5.31. The number of nitrogens with zero attached hydrogens (tertiary/aromatic N) is 3. The average molecular weight is 240 g/mol. The van der Waals surface area contributed by atoms with Crippen LogP contribution in [0.15, 0.2) is 30.3 Å². The van der Waals surface area contributed by atoms with Crippen LogP contribution in [-0.4, -0.2) is 9.97 Å². The lowest BCUT2D eigenvalue weighted by Crippen LogP contribution is -2.12. The Bertz CT molecular complexity index is 585. The molecule has 2 aromatic rings. The van der Waals surface area contributed by atoms with E-state index in [1.165, 1.54) is 5.56 Å². The largest absolute Gasteiger partial charge is 0.340 e. The molecular formula is C12H12N6. The Kier molecular flexibility index (Phi) is 3.36. The first-order valence-corrected chi connectivity index (χ1v) is 5.31.